The summed E-state index contributed by atoms with van der Waals surface area (Å²) in [4.78, 5) is 13.4. The number of rotatable bonds is 4. The van der Waals surface area contributed by atoms with Crippen LogP contribution in [0, 0.1) is 5.41 Å². The van der Waals surface area contributed by atoms with Crippen molar-refractivity contribution in [3.05, 3.63) is 84.0 Å². The van der Waals surface area contributed by atoms with Crippen LogP contribution in [-0.2, 0) is 4.79 Å². The van der Waals surface area contributed by atoms with E-state index in [0.717, 1.165) is 22.6 Å². The molecule has 0 amide bonds. The third-order valence-corrected chi connectivity index (χ3v) is 6.62. The molecule has 0 atom stereocenters. The van der Waals surface area contributed by atoms with Crippen molar-refractivity contribution in [2.75, 3.05) is 0 Å². The average Bonchev–Trinajstić information content (AvgIpc) is 2.56. The molecule has 2 aromatic carbocycles. The van der Waals surface area contributed by atoms with E-state index in [1.54, 1.807) is 0 Å². The maximum absolute atomic E-state index is 13.4. The van der Waals surface area contributed by atoms with Crippen molar-refractivity contribution < 1.29 is 4.79 Å². The molecule has 0 spiro atoms. The standard InChI is InChI=1S/C22H23OP/c1-17-16-22(2,3)15-14-20(17)21(23)24(18-10-6-4-7-11-18)19-12-8-5-9-13-19/h4-15H,16H2,1-3H3. The summed E-state index contributed by atoms with van der Waals surface area (Å²) in [6.07, 6.45) is 5.16. The molecule has 0 bridgehead atoms. The molecular weight excluding hydrogens is 311 g/mol. The van der Waals surface area contributed by atoms with E-state index in [-0.39, 0.29) is 10.9 Å². The van der Waals surface area contributed by atoms with E-state index in [1.165, 1.54) is 5.57 Å². The first-order valence-corrected chi connectivity index (χ1v) is 9.66. The molecule has 0 radical (unpaired) electrons. The molecule has 122 valence electrons. The Kier molecular flexibility index (Phi) is 4.83. The Morgan fingerprint density at radius 1 is 0.917 bits per heavy atom. The van der Waals surface area contributed by atoms with Gasteiger partial charge in [0.05, 0.1) is 0 Å². The summed E-state index contributed by atoms with van der Waals surface area (Å²) >= 11 is 0. The van der Waals surface area contributed by atoms with Crippen molar-refractivity contribution in [3.8, 4) is 0 Å². The van der Waals surface area contributed by atoms with Gasteiger partial charge in [-0.2, -0.15) is 0 Å². The van der Waals surface area contributed by atoms with Gasteiger partial charge >= 0.3 is 0 Å². The first-order chi connectivity index (χ1) is 11.5. The molecule has 0 N–H and O–H groups in total. The highest BCUT2D eigenvalue weighted by atomic mass is 31.1. The number of carbonyl (C=O) groups excluding carboxylic acids is 1. The summed E-state index contributed by atoms with van der Waals surface area (Å²) in [5.41, 5.74) is 2.49. The molecule has 0 saturated heterocycles. The minimum Gasteiger partial charge on any atom is -0.288 e. The average molecular weight is 334 g/mol. The zero-order valence-corrected chi connectivity index (χ0v) is 15.4. The third kappa shape index (κ3) is 3.57. The zero-order valence-electron chi connectivity index (χ0n) is 14.5. The Morgan fingerprint density at radius 2 is 1.42 bits per heavy atom. The lowest BCUT2D eigenvalue weighted by molar-refractivity contribution is -0.108. The summed E-state index contributed by atoms with van der Waals surface area (Å²) < 4.78 is 0. The zero-order chi connectivity index (χ0) is 17.2. The fraction of sp³-hybridized carbons (Fsp3) is 0.227. The molecule has 0 unspecified atom stereocenters. The second-order valence-electron chi connectivity index (χ2n) is 7.00. The molecule has 1 aliphatic carbocycles. The summed E-state index contributed by atoms with van der Waals surface area (Å²) in [5, 5.41) is 2.23. The minimum atomic E-state index is -1.04. The molecule has 1 aliphatic rings. The molecule has 2 heteroatoms. The van der Waals surface area contributed by atoms with Crippen LogP contribution in [0.2, 0.25) is 0 Å². The largest absolute Gasteiger partial charge is 0.288 e. The van der Waals surface area contributed by atoms with Crippen molar-refractivity contribution in [1.29, 1.82) is 0 Å². The van der Waals surface area contributed by atoms with Gasteiger partial charge in [0, 0.05) is 13.5 Å². The van der Waals surface area contributed by atoms with Gasteiger partial charge in [-0.05, 0) is 29.4 Å². The lowest BCUT2D eigenvalue weighted by Gasteiger charge is -2.28. The molecule has 0 fully saturated rings. The van der Waals surface area contributed by atoms with Crippen LogP contribution in [0.3, 0.4) is 0 Å². The Labute approximate surface area is 145 Å². The second-order valence-corrected chi connectivity index (χ2v) is 9.11. The summed E-state index contributed by atoms with van der Waals surface area (Å²) in [6, 6.07) is 20.4. The van der Waals surface area contributed by atoms with Crippen molar-refractivity contribution in [2.24, 2.45) is 5.41 Å². The second kappa shape index (κ2) is 6.87. The molecule has 0 saturated carbocycles. The van der Waals surface area contributed by atoms with Crippen molar-refractivity contribution in [2.45, 2.75) is 27.2 Å². The van der Waals surface area contributed by atoms with E-state index in [4.69, 9.17) is 0 Å². The van der Waals surface area contributed by atoms with Gasteiger partial charge in [0.1, 0.15) is 0 Å². The van der Waals surface area contributed by atoms with E-state index in [2.05, 4.69) is 51.1 Å². The van der Waals surface area contributed by atoms with Crippen LogP contribution in [0.25, 0.3) is 0 Å². The van der Waals surface area contributed by atoms with Crippen molar-refractivity contribution in [1.82, 2.24) is 0 Å². The van der Waals surface area contributed by atoms with Gasteiger partial charge in [-0.1, -0.05) is 92.2 Å². The van der Waals surface area contributed by atoms with Gasteiger partial charge in [0.2, 0.25) is 0 Å². The number of hydrogen-bond donors (Lipinski definition) is 0. The van der Waals surface area contributed by atoms with E-state index in [1.807, 2.05) is 42.5 Å². The van der Waals surface area contributed by atoms with Crippen molar-refractivity contribution >= 4 is 24.1 Å². The van der Waals surface area contributed by atoms with Gasteiger partial charge in [0.15, 0.2) is 5.52 Å². The van der Waals surface area contributed by atoms with Gasteiger partial charge in [-0.25, -0.2) is 0 Å². The van der Waals surface area contributed by atoms with Crippen LogP contribution in [0.15, 0.2) is 84.0 Å². The highest BCUT2D eigenvalue weighted by molar-refractivity contribution is 7.88. The quantitative estimate of drug-likeness (QED) is 0.723. The first-order valence-electron chi connectivity index (χ1n) is 8.31. The van der Waals surface area contributed by atoms with Gasteiger partial charge in [-0.3, -0.25) is 4.79 Å². The smallest absolute Gasteiger partial charge is 0.193 e. The highest BCUT2D eigenvalue weighted by Crippen LogP contribution is 2.42. The van der Waals surface area contributed by atoms with Crippen LogP contribution in [0.4, 0.5) is 0 Å². The fourth-order valence-corrected chi connectivity index (χ4v) is 5.41. The normalized spacial score (nSPS) is 16.5. The lowest BCUT2D eigenvalue weighted by Crippen LogP contribution is -2.22. The molecule has 0 aromatic heterocycles. The maximum atomic E-state index is 13.4. The molecule has 1 nitrogen and oxygen atoms in total. The summed E-state index contributed by atoms with van der Waals surface area (Å²) in [6.45, 7) is 6.53. The van der Waals surface area contributed by atoms with E-state index in [9.17, 15) is 4.79 Å². The molecule has 0 aliphatic heterocycles. The fourth-order valence-electron chi connectivity index (χ4n) is 3.20. The predicted octanol–water partition coefficient (Wildman–Crippen LogP) is 4.95. The SMILES string of the molecule is CC1=C(C(=O)P(c2ccccc2)c2ccccc2)C=CC(C)(C)C1. The number of allylic oxidation sites excluding steroid dienone is 4. The molecule has 0 heterocycles. The topological polar surface area (TPSA) is 17.1 Å². The highest BCUT2D eigenvalue weighted by Gasteiger charge is 2.29. The van der Waals surface area contributed by atoms with E-state index >= 15 is 0 Å². The van der Waals surface area contributed by atoms with Gasteiger partial charge in [-0.15, -0.1) is 0 Å². The Balaban J connectivity index is 2.04. The molecule has 3 rings (SSSR count). The Morgan fingerprint density at radius 3 is 1.88 bits per heavy atom. The molecule has 2 aromatic rings. The van der Waals surface area contributed by atoms with Gasteiger partial charge in [0.25, 0.3) is 0 Å². The van der Waals surface area contributed by atoms with Crippen LogP contribution in [0.1, 0.15) is 27.2 Å². The summed E-state index contributed by atoms with van der Waals surface area (Å²) in [7, 11) is -1.04. The Bertz CT molecular complexity index is 746. The third-order valence-electron chi connectivity index (χ3n) is 4.34. The minimum absolute atomic E-state index is 0.135. The number of benzene rings is 2. The van der Waals surface area contributed by atoms with Crippen LogP contribution in [-0.4, -0.2) is 5.52 Å². The van der Waals surface area contributed by atoms with Crippen molar-refractivity contribution in [3.63, 3.8) is 0 Å². The van der Waals surface area contributed by atoms with E-state index in [0.29, 0.717) is 0 Å². The van der Waals surface area contributed by atoms with Crippen LogP contribution < -0.4 is 10.6 Å². The molecule has 24 heavy (non-hydrogen) atoms. The van der Waals surface area contributed by atoms with E-state index < -0.39 is 7.92 Å². The number of carbonyl (C=O) groups is 1. The summed E-state index contributed by atoms with van der Waals surface area (Å²) in [5.74, 6) is 0. The first kappa shape index (κ1) is 16.9. The van der Waals surface area contributed by atoms with Gasteiger partial charge < -0.3 is 0 Å². The molecular formula is C22H23OP. The number of hydrogen-bond acceptors (Lipinski definition) is 1. The maximum Gasteiger partial charge on any atom is 0.193 e. The monoisotopic (exact) mass is 334 g/mol. The Hall–Kier alpha value is -1.98. The predicted molar refractivity (Wildman–Crippen MR) is 104 cm³/mol. The van der Waals surface area contributed by atoms with Crippen LogP contribution >= 0.6 is 7.92 Å². The lowest BCUT2D eigenvalue weighted by atomic mass is 9.80. The van der Waals surface area contributed by atoms with Crippen LogP contribution in [0.5, 0.6) is 0 Å².